The molecule has 2 aliphatic rings. The summed E-state index contributed by atoms with van der Waals surface area (Å²) in [6.45, 7) is 3.18. The van der Waals surface area contributed by atoms with Crippen molar-refractivity contribution in [2.45, 2.75) is 83.4 Å². The number of aryl methyl sites for hydroxylation is 1. The smallest absolute Gasteiger partial charge is 0.191 e. The maximum atomic E-state index is 6.02. The van der Waals surface area contributed by atoms with Gasteiger partial charge in [-0.3, -0.25) is 4.99 Å². The van der Waals surface area contributed by atoms with Gasteiger partial charge in [0.2, 0.25) is 0 Å². The fourth-order valence-corrected chi connectivity index (χ4v) is 3.86. The first-order valence-electron chi connectivity index (χ1n) is 10.3. The van der Waals surface area contributed by atoms with Gasteiger partial charge in [0.15, 0.2) is 11.8 Å². The van der Waals surface area contributed by atoms with Gasteiger partial charge in [-0.15, -0.1) is 10.2 Å². The highest BCUT2D eigenvalue weighted by Crippen LogP contribution is 2.19. The van der Waals surface area contributed by atoms with Crippen molar-refractivity contribution < 1.29 is 4.74 Å². The van der Waals surface area contributed by atoms with Crippen LogP contribution in [-0.2, 0) is 24.2 Å². The number of aliphatic imine (C=N–C) groups is 1. The molecule has 0 atom stereocenters. The van der Waals surface area contributed by atoms with Gasteiger partial charge in [-0.05, 0) is 25.7 Å². The minimum Gasteiger partial charge on any atom is -0.376 e. The summed E-state index contributed by atoms with van der Waals surface area (Å²) in [4.78, 5) is 4.30. The molecule has 0 saturated heterocycles. The van der Waals surface area contributed by atoms with E-state index in [1.54, 1.807) is 7.05 Å². The van der Waals surface area contributed by atoms with E-state index >= 15 is 0 Å². The number of rotatable bonds is 6. The number of fused-ring (bicyclic) bond motifs is 1. The largest absolute Gasteiger partial charge is 0.376 e. The minimum absolute atomic E-state index is 0.445. The van der Waals surface area contributed by atoms with Crippen LogP contribution in [0.1, 0.15) is 69.4 Å². The summed E-state index contributed by atoms with van der Waals surface area (Å²) in [6.07, 6.45) is 13.0. The number of ether oxygens (including phenoxy) is 1. The maximum absolute atomic E-state index is 6.02. The van der Waals surface area contributed by atoms with Gasteiger partial charge in [0.05, 0.1) is 19.3 Å². The van der Waals surface area contributed by atoms with Crippen LogP contribution in [0, 0.1) is 0 Å². The number of hydrogen-bond donors (Lipinski definition) is 2. The highest BCUT2D eigenvalue weighted by atomic mass is 16.5. The van der Waals surface area contributed by atoms with Gasteiger partial charge in [0.25, 0.3) is 0 Å². The second-order valence-electron chi connectivity index (χ2n) is 7.33. The zero-order valence-electron chi connectivity index (χ0n) is 16.2. The molecule has 2 N–H and O–H groups in total. The van der Waals surface area contributed by atoms with Crippen molar-refractivity contribution in [2.75, 3.05) is 20.2 Å². The van der Waals surface area contributed by atoms with Crippen LogP contribution in [0.25, 0.3) is 0 Å². The Morgan fingerprint density at radius 1 is 1.08 bits per heavy atom. The van der Waals surface area contributed by atoms with Crippen molar-refractivity contribution in [2.24, 2.45) is 4.99 Å². The maximum Gasteiger partial charge on any atom is 0.191 e. The van der Waals surface area contributed by atoms with Crippen LogP contribution in [0.5, 0.6) is 0 Å². The van der Waals surface area contributed by atoms with Crippen molar-refractivity contribution >= 4 is 5.96 Å². The fourth-order valence-electron chi connectivity index (χ4n) is 3.86. The SMILES string of the molecule is CN=C(NCCOC1CCCCCC1)NCc1nnc2n1CCCCC2. The molecule has 1 aliphatic carbocycles. The lowest BCUT2D eigenvalue weighted by Gasteiger charge is -2.17. The summed E-state index contributed by atoms with van der Waals surface area (Å²) in [6, 6.07) is 0. The standard InChI is InChI=1S/C19H34N6O/c1-20-19(21-12-14-26-16-9-5-2-3-6-10-16)22-15-18-24-23-17-11-7-4-8-13-25(17)18/h16H,2-15H2,1H3,(H2,20,21,22). The number of nitrogens with zero attached hydrogens (tertiary/aromatic N) is 4. The lowest BCUT2D eigenvalue weighted by Crippen LogP contribution is -2.39. The summed E-state index contributed by atoms with van der Waals surface area (Å²) < 4.78 is 8.29. The molecular weight excluding hydrogens is 328 g/mol. The Hall–Kier alpha value is -1.63. The highest BCUT2D eigenvalue weighted by Gasteiger charge is 2.15. The molecule has 0 aromatic carbocycles. The second-order valence-corrected chi connectivity index (χ2v) is 7.33. The lowest BCUT2D eigenvalue weighted by molar-refractivity contribution is 0.0468. The van der Waals surface area contributed by atoms with Gasteiger partial charge in [0.1, 0.15) is 5.82 Å². The molecule has 1 aromatic rings. The fraction of sp³-hybridized carbons (Fsp3) is 0.842. The molecule has 3 rings (SSSR count). The molecule has 7 heteroatoms. The molecule has 1 saturated carbocycles. The van der Waals surface area contributed by atoms with E-state index < -0.39 is 0 Å². The predicted octanol–water partition coefficient (Wildman–Crippen LogP) is 2.41. The van der Waals surface area contributed by atoms with Gasteiger partial charge in [-0.1, -0.05) is 32.1 Å². The van der Waals surface area contributed by atoms with Crippen LogP contribution < -0.4 is 10.6 Å². The summed E-state index contributed by atoms with van der Waals surface area (Å²) >= 11 is 0. The first-order valence-corrected chi connectivity index (χ1v) is 10.3. The summed E-state index contributed by atoms with van der Waals surface area (Å²) in [5.41, 5.74) is 0. The molecule has 2 heterocycles. The van der Waals surface area contributed by atoms with Crippen LogP contribution in [0.4, 0.5) is 0 Å². The van der Waals surface area contributed by atoms with E-state index in [-0.39, 0.29) is 0 Å². The normalized spacial score (nSPS) is 19.5. The summed E-state index contributed by atoms with van der Waals surface area (Å²) in [7, 11) is 1.80. The molecule has 146 valence electrons. The minimum atomic E-state index is 0.445. The molecule has 0 amide bonds. The average Bonchev–Trinajstić information content (AvgIpc) is 2.87. The predicted molar refractivity (Wildman–Crippen MR) is 103 cm³/mol. The van der Waals surface area contributed by atoms with E-state index in [0.29, 0.717) is 12.6 Å². The van der Waals surface area contributed by atoms with E-state index in [4.69, 9.17) is 4.74 Å². The molecule has 26 heavy (non-hydrogen) atoms. The van der Waals surface area contributed by atoms with E-state index in [1.807, 2.05) is 0 Å². The molecule has 0 bridgehead atoms. The number of nitrogens with one attached hydrogen (secondary N) is 2. The second kappa shape index (κ2) is 10.5. The Morgan fingerprint density at radius 2 is 1.88 bits per heavy atom. The average molecular weight is 363 g/mol. The Kier molecular flexibility index (Phi) is 7.73. The van der Waals surface area contributed by atoms with Gasteiger partial charge in [-0.25, -0.2) is 0 Å². The molecule has 0 radical (unpaired) electrons. The van der Waals surface area contributed by atoms with Gasteiger partial charge in [-0.2, -0.15) is 0 Å². The van der Waals surface area contributed by atoms with E-state index in [0.717, 1.165) is 43.7 Å². The van der Waals surface area contributed by atoms with Gasteiger partial charge < -0.3 is 19.9 Å². The zero-order chi connectivity index (χ0) is 18.0. The topological polar surface area (TPSA) is 76.4 Å². The Balaban J connectivity index is 1.37. The van der Waals surface area contributed by atoms with Crippen LogP contribution >= 0.6 is 0 Å². The quantitative estimate of drug-likeness (QED) is 0.352. The molecular formula is C19H34N6O. The van der Waals surface area contributed by atoms with E-state index in [1.165, 1.54) is 57.8 Å². The summed E-state index contributed by atoms with van der Waals surface area (Å²) in [5.74, 6) is 2.92. The Bertz CT molecular complexity index is 562. The monoisotopic (exact) mass is 362 g/mol. The van der Waals surface area contributed by atoms with Crippen molar-refractivity contribution in [1.82, 2.24) is 25.4 Å². The highest BCUT2D eigenvalue weighted by molar-refractivity contribution is 5.79. The Morgan fingerprint density at radius 3 is 2.69 bits per heavy atom. The molecule has 1 aliphatic heterocycles. The molecule has 0 unspecified atom stereocenters. The summed E-state index contributed by atoms with van der Waals surface area (Å²) in [5, 5.41) is 15.4. The number of hydrogen-bond acceptors (Lipinski definition) is 4. The molecule has 0 spiro atoms. The number of aromatic nitrogens is 3. The van der Waals surface area contributed by atoms with E-state index in [9.17, 15) is 0 Å². The first kappa shape index (κ1) is 19.1. The van der Waals surface area contributed by atoms with Crippen molar-refractivity contribution in [3.63, 3.8) is 0 Å². The van der Waals surface area contributed by atoms with E-state index in [2.05, 4.69) is 30.4 Å². The van der Waals surface area contributed by atoms with Gasteiger partial charge in [0, 0.05) is 26.6 Å². The third-order valence-electron chi connectivity index (χ3n) is 5.37. The van der Waals surface area contributed by atoms with Crippen molar-refractivity contribution in [3.8, 4) is 0 Å². The van der Waals surface area contributed by atoms with Crippen molar-refractivity contribution in [3.05, 3.63) is 11.6 Å². The third kappa shape index (κ3) is 5.69. The van der Waals surface area contributed by atoms with Crippen LogP contribution in [0.3, 0.4) is 0 Å². The third-order valence-corrected chi connectivity index (χ3v) is 5.37. The van der Waals surface area contributed by atoms with Gasteiger partial charge >= 0.3 is 0 Å². The van der Waals surface area contributed by atoms with Crippen LogP contribution in [-0.4, -0.2) is 47.0 Å². The number of guanidine groups is 1. The van der Waals surface area contributed by atoms with Crippen LogP contribution in [0.15, 0.2) is 4.99 Å². The lowest BCUT2D eigenvalue weighted by atomic mass is 10.1. The molecule has 1 fully saturated rings. The Labute approximate surface area is 157 Å². The van der Waals surface area contributed by atoms with Crippen LogP contribution in [0.2, 0.25) is 0 Å². The first-order chi connectivity index (χ1) is 12.9. The molecule has 1 aromatic heterocycles. The van der Waals surface area contributed by atoms with Crippen molar-refractivity contribution in [1.29, 1.82) is 0 Å². The zero-order valence-corrected chi connectivity index (χ0v) is 16.2. The molecule has 7 nitrogen and oxygen atoms in total.